The van der Waals surface area contributed by atoms with E-state index in [1.807, 2.05) is 6.92 Å². The number of carbonyl (C=O) groups excluding carboxylic acids is 2. The summed E-state index contributed by atoms with van der Waals surface area (Å²) in [6.45, 7) is 5.40. The third-order valence-corrected chi connectivity index (χ3v) is 2.57. The Labute approximate surface area is 88.6 Å². The SMILES string of the molecule is CC(CC(=O)Cl)CC(C)(C)C(=O)Cl. The van der Waals surface area contributed by atoms with Crippen molar-refractivity contribution in [2.24, 2.45) is 11.3 Å². The van der Waals surface area contributed by atoms with Crippen LogP contribution in [-0.4, -0.2) is 10.5 Å². The predicted octanol–water partition coefficient (Wildman–Crippen LogP) is 2.96. The van der Waals surface area contributed by atoms with E-state index >= 15 is 0 Å². The Bertz CT molecular complexity index is 212. The van der Waals surface area contributed by atoms with Gasteiger partial charge in [-0.1, -0.05) is 20.8 Å². The normalized spacial score (nSPS) is 13.9. The molecule has 0 rings (SSSR count). The summed E-state index contributed by atoms with van der Waals surface area (Å²) in [6.07, 6.45) is 0.864. The number of carbonyl (C=O) groups is 2. The van der Waals surface area contributed by atoms with Crippen molar-refractivity contribution in [3.05, 3.63) is 0 Å². The molecule has 0 fully saturated rings. The zero-order valence-corrected chi connectivity index (χ0v) is 9.58. The van der Waals surface area contributed by atoms with Gasteiger partial charge in [0.25, 0.3) is 0 Å². The summed E-state index contributed by atoms with van der Waals surface area (Å²) in [5, 5.41) is -0.744. The highest BCUT2D eigenvalue weighted by Gasteiger charge is 2.28. The van der Waals surface area contributed by atoms with Crippen molar-refractivity contribution < 1.29 is 9.59 Å². The second-order valence-electron chi connectivity index (χ2n) is 4.03. The van der Waals surface area contributed by atoms with Gasteiger partial charge >= 0.3 is 0 Å². The second kappa shape index (κ2) is 4.97. The fourth-order valence-electron chi connectivity index (χ4n) is 1.30. The molecular weight excluding hydrogens is 211 g/mol. The molecule has 0 bridgehead atoms. The van der Waals surface area contributed by atoms with Crippen LogP contribution in [0.25, 0.3) is 0 Å². The van der Waals surface area contributed by atoms with Gasteiger partial charge in [0.1, 0.15) is 0 Å². The summed E-state index contributed by atoms with van der Waals surface area (Å²) < 4.78 is 0. The van der Waals surface area contributed by atoms with E-state index < -0.39 is 5.41 Å². The molecule has 0 aromatic rings. The van der Waals surface area contributed by atoms with Crippen LogP contribution in [0.3, 0.4) is 0 Å². The van der Waals surface area contributed by atoms with Gasteiger partial charge in [-0.2, -0.15) is 0 Å². The van der Waals surface area contributed by atoms with E-state index in [1.54, 1.807) is 13.8 Å². The molecule has 0 aliphatic heterocycles. The van der Waals surface area contributed by atoms with E-state index in [-0.39, 0.29) is 22.8 Å². The molecule has 13 heavy (non-hydrogen) atoms. The fraction of sp³-hybridized carbons (Fsp3) is 0.778. The number of halogens is 2. The third-order valence-electron chi connectivity index (χ3n) is 1.90. The molecule has 0 amide bonds. The summed E-state index contributed by atoms with van der Waals surface area (Å²) in [4.78, 5) is 21.5. The standard InChI is InChI=1S/C9H14Cl2O2/c1-6(4-7(10)12)5-9(2,3)8(11)13/h6H,4-5H2,1-3H3. The predicted molar refractivity (Wildman–Crippen MR) is 53.9 cm³/mol. The quantitative estimate of drug-likeness (QED) is 0.674. The molecule has 76 valence electrons. The first-order chi connectivity index (χ1) is 5.75. The topological polar surface area (TPSA) is 34.1 Å². The minimum absolute atomic E-state index is 0.0858. The van der Waals surface area contributed by atoms with Crippen LogP contribution in [0.4, 0.5) is 0 Å². The Balaban J connectivity index is 4.11. The van der Waals surface area contributed by atoms with Crippen molar-refractivity contribution in [3.63, 3.8) is 0 Å². The summed E-state index contributed by atoms with van der Waals surface area (Å²) in [5.74, 6) is 0.0858. The van der Waals surface area contributed by atoms with Crippen LogP contribution < -0.4 is 0 Å². The average Bonchev–Trinajstić information content (AvgIpc) is 1.82. The van der Waals surface area contributed by atoms with Crippen molar-refractivity contribution >= 4 is 33.7 Å². The summed E-state index contributed by atoms with van der Waals surface area (Å²) in [7, 11) is 0. The maximum atomic E-state index is 10.9. The first kappa shape index (κ1) is 12.9. The van der Waals surface area contributed by atoms with Crippen LogP contribution in [0.1, 0.15) is 33.6 Å². The van der Waals surface area contributed by atoms with Crippen molar-refractivity contribution in [3.8, 4) is 0 Å². The van der Waals surface area contributed by atoms with Gasteiger partial charge in [0, 0.05) is 11.8 Å². The molecule has 0 saturated heterocycles. The fourth-order valence-corrected chi connectivity index (χ4v) is 1.64. The van der Waals surface area contributed by atoms with Crippen molar-refractivity contribution in [2.45, 2.75) is 33.6 Å². The van der Waals surface area contributed by atoms with Gasteiger partial charge in [-0.15, -0.1) is 0 Å². The van der Waals surface area contributed by atoms with Gasteiger partial charge in [-0.25, -0.2) is 0 Å². The van der Waals surface area contributed by atoms with E-state index in [4.69, 9.17) is 23.2 Å². The van der Waals surface area contributed by atoms with Gasteiger partial charge in [-0.05, 0) is 35.5 Å². The summed E-state index contributed by atoms with van der Waals surface area (Å²) in [5.41, 5.74) is -0.576. The van der Waals surface area contributed by atoms with Gasteiger partial charge in [0.2, 0.25) is 10.5 Å². The highest BCUT2D eigenvalue weighted by molar-refractivity contribution is 6.64. The molecule has 0 aromatic carbocycles. The Hall–Kier alpha value is -0.0800. The summed E-state index contributed by atoms with van der Waals surface area (Å²) >= 11 is 10.6. The molecular formula is C9H14Cl2O2. The molecule has 0 spiro atoms. The van der Waals surface area contributed by atoms with Crippen LogP contribution in [0.15, 0.2) is 0 Å². The Kier molecular flexibility index (Phi) is 4.93. The van der Waals surface area contributed by atoms with E-state index in [9.17, 15) is 9.59 Å². The van der Waals surface area contributed by atoms with Crippen LogP contribution in [0, 0.1) is 11.3 Å². The molecule has 4 heteroatoms. The van der Waals surface area contributed by atoms with Crippen LogP contribution >= 0.6 is 23.2 Å². The first-order valence-corrected chi connectivity index (χ1v) is 4.89. The minimum Gasteiger partial charge on any atom is -0.281 e. The maximum absolute atomic E-state index is 10.9. The Morgan fingerprint density at radius 2 is 1.77 bits per heavy atom. The molecule has 0 aromatic heterocycles. The molecule has 0 aliphatic rings. The van der Waals surface area contributed by atoms with E-state index in [0.717, 1.165) is 0 Å². The van der Waals surface area contributed by atoms with E-state index in [2.05, 4.69) is 0 Å². The molecule has 0 aliphatic carbocycles. The first-order valence-electron chi connectivity index (χ1n) is 4.14. The lowest BCUT2D eigenvalue weighted by molar-refractivity contribution is -0.120. The van der Waals surface area contributed by atoms with Crippen molar-refractivity contribution in [1.82, 2.24) is 0 Å². The van der Waals surface area contributed by atoms with E-state index in [0.29, 0.717) is 6.42 Å². The lowest BCUT2D eigenvalue weighted by atomic mass is 9.83. The smallest absolute Gasteiger partial charge is 0.227 e. The lowest BCUT2D eigenvalue weighted by Gasteiger charge is -2.22. The highest BCUT2D eigenvalue weighted by atomic mass is 35.5. The second-order valence-corrected chi connectivity index (χ2v) is 4.79. The average molecular weight is 225 g/mol. The van der Waals surface area contributed by atoms with Gasteiger partial charge in [0.05, 0.1) is 0 Å². The molecule has 1 unspecified atom stereocenters. The van der Waals surface area contributed by atoms with Crippen LogP contribution in [-0.2, 0) is 9.59 Å². The van der Waals surface area contributed by atoms with Gasteiger partial charge < -0.3 is 0 Å². The molecule has 1 atom stereocenters. The number of hydrogen-bond donors (Lipinski definition) is 0. The molecule has 2 nitrogen and oxygen atoms in total. The lowest BCUT2D eigenvalue weighted by Crippen LogP contribution is -2.23. The van der Waals surface area contributed by atoms with Gasteiger partial charge in [0.15, 0.2) is 0 Å². The molecule has 0 radical (unpaired) electrons. The zero-order chi connectivity index (χ0) is 10.6. The molecule has 0 N–H and O–H groups in total. The zero-order valence-electron chi connectivity index (χ0n) is 8.06. The minimum atomic E-state index is -0.576. The highest BCUT2D eigenvalue weighted by Crippen LogP contribution is 2.29. The Morgan fingerprint density at radius 3 is 2.08 bits per heavy atom. The van der Waals surface area contributed by atoms with Crippen LogP contribution in [0.2, 0.25) is 0 Å². The Morgan fingerprint density at radius 1 is 1.31 bits per heavy atom. The molecule has 0 saturated carbocycles. The number of hydrogen-bond acceptors (Lipinski definition) is 2. The van der Waals surface area contributed by atoms with Crippen LogP contribution in [0.5, 0.6) is 0 Å². The van der Waals surface area contributed by atoms with Crippen molar-refractivity contribution in [1.29, 1.82) is 0 Å². The van der Waals surface area contributed by atoms with E-state index in [1.165, 1.54) is 0 Å². The largest absolute Gasteiger partial charge is 0.281 e. The van der Waals surface area contributed by atoms with Gasteiger partial charge in [-0.3, -0.25) is 9.59 Å². The van der Waals surface area contributed by atoms with Crippen molar-refractivity contribution in [2.75, 3.05) is 0 Å². The maximum Gasteiger partial charge on any atom is 0.227 e. The molecule has 0 heterocycles. The monoisotopic (exact) mass is 224 g/mol. The summed E-state index contributed by atoms with van der Waals surface area (Å²) in [6, 6.07) is 0. The number of rotatable bonds is 5. The third kappa shape index (κ3) is 5.27.